The molecule has 2 aromatic carbocycles. The molecule has 4 rings (SSSR count). The molecule has 152 valence electrons. The summed E-state index contributed by atoms with van der Waals surface area (Å²) in [6.45, 7) is 3.66. The van der Waals surface area contributed by atoms with Gasteiger partial charge in [0, 0.05) is 0 Å². The Labute approximate surface area is 186 Å². The summed E-state index contributed by atoms with van der Waals surface area (Å²) in [4.78, 5) is 26.8. The summed E-state index contributed by atoms with van der Waals surface area (Å²) in [7, 11) is 0. The average molecular weight is 486 g/mol. The van der Waals surface area contributed by atoms with Crippen LogP contribution in [0.15, 0.2) is 57.8 Å². The SMILES string of the molecule is Cc1nc(N)c(Br)c(NC(C)c2nc3cccc(Cl)c3c(=O)n2-c2ccccc2)n1. The topological polar surface area (TPSA) is 98.7 Å². The number of hydrogen-bond acceptors (Lipinski definition) is 6. The van der Waals surface area contributed by atoms with E-state index in [0.717, 1.165) is 0 Å². The Morgan fingerprint density at radius 2 is 1.83 bits per heavy atom. The second-order valence-corrected chi connectivity index (χ2v) is 7.96. The maximum absolute atomic E-state index is 13.5. The van der Waals surface area contributed by atoms with Gasteiger partial charge in [0.1, 0.15) is 27.8 Å². The van der Waals surface area contributed by atoms with Crippen molar-refractivity contribution in [3.05, 3.63) is 80.0 Å². The van der Waals surface area contributed by atoms with Gasteiger partial charge in [-0.2, -0.15) is 0 Å². The lowest BCUT2D eigenvalue weighted by Gasteiger charge is -2.21. The van der Waals surface area contributed by atoms with Gasteiger partial charge in [-0.15, -0.1) is 0 Å². The number of halogens is 2. The third-order valence-electron chi connectivity index (χ3n) is 4.62. The van der Waals surface area contributed by atoms with Crippen molar-refractivity contribution in [3.63, 3.8) is 0 Å². The van der Waals surface area contributed by atoms with Crippen LogP contribution in [0.5, 0.6) is 0 Å². The molecule has 0 fully saturated rings. The Hall–Kier alpha value is -2.97. The molecule has 3 N–H and O–H groups in total. The number of fused-ring (bicyclic) bond motifs is 1. The predicted molar refractivity (Wildman–Crippen MR) is 123 cm³/mol. The van der Waals surface area contributed by atoms with Gasteiger partial charge in [-0.1, -0.05) is 35.9 Å². The second-order valence-electron chi connectivity index (χ2n) is 6.76. The van der Waals surface area contributed by atoms with Crippen LogP contribution in [0.1, 0.15) is 24.6 Å². The Morgan fingerprint density at radius 3 is 2.57 bits per heavy atom. The highest BCUT2D eigenvalue weighted by Crippen LogP contribution is 2.29. The Bertz CT molecular complexity index is 1310. The van der Waals surface area contributed by atoms with Crippen molar-refractivity contribution >= 4 is 50.1 Å². The number of aryl methyl sites for hydroxylation is 1. The van der Waals surface area contributed by atoms with E-state index in [9.17, 15) is 4.79 Å². The molecule has 0 aliphatic heterocycles. The van der Waals surface area contributed by atoms with Crippen molar-refractivity contribution in [2.45, 2.75) is 19.9 Å². The van der Waals surface area contributed by atoms with Gasteiger partial charge >= 0.3 is 0 Å². The van der Waals surface area contributed by atoms with Crippen LogP contribution in [0, 0.1) is 6.92 Å². The molecule has 7 nitrogen and oxygen atoms in total. The molecule has 1 atom stereocenters. The lowest BCUT2D eigenvalue weighted by atomic mass is 10.2. The van der Waals surface area contributed by atoms with Crippen LogP contribution in [0.4, 0.5) is 11.6 Å². The fourth-order valence-corrected chi connectivity index (χ4v) is 3.81. The molecular weight excluding hydrogens is 468 g/mol. The van der Waals surface area contributed by atoms with Gasteiger partial charge in [-0.05, 0) is 54.0 Å². The molecule has 0 radical (unpaired) electrons. The molecule has 2 heterocycles. The van der Waals surface area contributed by atoms with E-state index in [1.807, 2.05) is 37.3 Å². The van der Waals surface area contributed by atoms with E-state index in [-0.39, 0.29) is 11.6 Å². The maximum atomic E-state index is 13.5. The first kappa shape index (κ1) is 20.3. The molecule has 0 bridgehead atoms. The Kier molecular flexibility index (Phi) is 5.44. The number of anilines is 2. The second kappa shape index (κ2) is 8.04. The van der Waals surface area contributed by atoms with Crippen LogP contribution in [-0.4, -0.2) is 19.5 Å². The highest BCUT2D eigenvalue weighted by Gasteiger charge is 2.21. The lowest BCUT2D eigenvalue weighted by Crippen LogP contribution is -2.27. The van der Waals surface area contributed by atoms with E-state index in [4.69, 9.17) is 22.3 Å². The third-order valence-corrected chi connectivity index (χ3v) is 5.71. The Balaban J connectivity index is 1.93. The first-order valence-corrected chi connectivity index (χ1v) is 10.4. The smallest absolute Gasteiger partial charge is 0.267 e. The molecule has 0 aliphatic rings. The van der Waals surface area contributed by atoms with Crippen LogP contribution in [-0.2, 0) is 0 Å². The van der Waals surface area contributed by atoms with Crippen molar-refractivity contribution in [2.24, 2.45) is 0 Å². The van der Waals surface area contributed by atoms with Gasteiger partial charge in [0.25, 0.3) is 5.56 Å². The number of rotatable bonds is 4. The van der Waals surface area contributed by atoms with Gasteiger partial charge in [0.15, 0.2) is 0 Å². The lowest BCUT2D eigenvalue weighted by molar-refractivity contribution is 0.729. The summed E-state index contributed by atoms with van der Waals surface area (Å²) in [5.41, 5.74) is 6.93. The Morgan fingerprint density at radius 1 is 1.10 bits per heavy atom. The number of nitrogen functional groups attached to an aromatic ring is 1. The van der Waals surface area contributed by atoms with E-state index >= 15 is 0 Å². The summed E-state index contributed by atoms with van der Waals surface area (Å²) in [5, 5.41) is 4.03. The van der Waals surface area contributed by atoms with Crippen LogP contribution >= 0.6 is 27.5 Å². The van der Waals surface area contributed by atoms with E-state index in [2.05, 4.69) is 31.2 Å². The van der Waals surface area contributed by atoms with Crippen LogP contribution in [0.2, 0.25) is 5.02 Å². The average Bonchev–Trinajstić information content (AvgIpc) is 2.72. The summed E-state index contributed by atoms with van der Waals surface area (Å²) in [6, 6.07) is 14.2. The summed E-state index contributed by atoms with van der Waals surface area (Å²) in [6.07, 6.45) is 0. The molecule has 0 saturated heterocycles. The summed E-state index contributed by atoms with van der Waals surface area (Å²) < 4.78 is 2.12. The van der Waals surface area contributed by atoms with E-state index in [0.29, 0.717) is 49.4 Å². The number of nitrogens with two attached hydrogens (primary N) is 1. The number of aromatic nitrogens is 4. The molecule has 0 saturated carbocycles. The first-order chi connectivity index (χ1) is 14.4. The summed E-state index contributed by atoms with van der Waals surface area (Å²) >= 11 is 9.76. The quantitative estimate of drug-likeness (QED) is 0.436. The van der Waals surface area contributed by atoms with E-state index in [1.165, 1.54) is 0 Å². The predicted octanol–water partition coefficient (Wildman–Crippen LogP) is 4.66. The van der Waals surface area contributed by atoms with Crippen molar-refractivity contribution in [3.8, 4) is 5.69 Å². The summed E-state index contributed by atoms with van der Waals surface area (Å²) in [5.74, 6) is 1.90. The number of benzene rings is 2. The molecule has 9 heteroatoms. The fourth-order valence-electron chi connectivity index (χ4n) is 3.27. The number of nitrogens with zero attached hydrogens (tertiary/aromatic N) is 4. The first-order valence-electron chi connectivity index (χ1n) is 9.19. The number of nitrogens with one attached hydrogen (secondary N) is 1. The van der Waals surface area contributed by atoms with Crippen LogP contribution in [0.3, 0.4) is 0 Å². The standard InChI is InChI=1S/C21H18BrClN6O/c1-11(25-19-17(22)18(24)26-12(2)27-19)20-28-15-10-6-9-14(23)16(15)21(30)29(20)13-7-4-3-5-8-13/h3-11H,1-2H3,(H3,24,25,26,27). The minimum Gasteiger partial charge on any atom is -0.383 e. The van der Waals surface area contributed by atoms with Crippen molar-refractivity contribution in [2.75, 3.05) is 11.1 Å². The maximum Gasteiger partial charge on any atom is 0.267 e. The third kappa shape index (κ3) is 3.64. The van der Waals surface area contributed by atoms with Gasteiger partial charge in [-0.3, -0.25) is 9.36 Å². The van der Waals surface area contributed by atoms with E-state index in [1.54, 1.807) is 29.7 Å². The van der Waals surface area contributed by atoms with Crippen molar-refractivity contribution in [1.82, 2.24) is 19.5 Å². The highest BCUT2D eigenvalue weighted by atomic mass is 79.9. The van der Waals surface area contributed by atoms with E-state index < -0.39 is 0 Å². The fraction of sp³-hybridized carbons (Fsp3) is 0.143. The van der Waals surface area contributed by atoms with Gasteiger partial charge < -0.3 is 11.1 Å². The zero-order valence-electron chi connectivity index (χ0n) is 16.2. The molecule has 30 heavy (non-hydrogen) atoms. The normalized spacial score (nSPS) is 12.1. The van der Waals surface area contributed by atoms with Crippen LogP contribution < -0.4 is 16.6 Å². The monoisotopic (exact) mass is 484 g/mol. The molecular formula is C21H18BrClN6O. The molecule has 0 amide bonds. The molecule has 0 aliphatic carbocycles. The van der Waals surface area contributed by atoms with Crippen molar-refractivity contribution in [1.29, 1.82) is 0 Å². The minimum atomic E-state index is -0.383. The zero-order chi connectivity index (χ0) is 21.4. The van der Waals surface area contributed by atoms with Gasteiger partial charge in [-0.25, -0.2) is 15.0 Å². The van der Waals surface area contributed by atoms with Gasteiger partial charge in [0.2, 0.25) is 0 Å². The van der Waals surface area contributed by atoms with Crippen molar-refractivity contribution < 1.29 is 0 Å². The number of hydrogen-bond donors (Lipinski definition) is 2. The molecule has 0 spiro atoms. The zero-order valence-corrected chi connectivity index (χ0v) is 18.6. The molecule has 4 aromatic rings. The molecule has 1 unspecified atom stereocenters. The molecule has 2 aromatic heterocycles. The minimum absolute atomic E-state index is 0.238. The highest BCUT2D eigenvalue weighted by molar-refractivity contribution is 9.10. The largest absolute Gasteiger partial charge is 0.383 e. The van der Waals surface area contributed by atoms with Gasteiger partial charge in [0.05, 0.1) is 27.7 Å². The van der Waals surface area contributed by atoms with Crippen LogP contribution in [0.25, 0.3) is 16.6 Å². The number of para-hydroxylation sites is 1.